The third kappa shape index (κ3) is 2.23. The van der Waals surface area contributed by atoms with E-state index in [9.17, 15) is 0 Å². The predicted molar refractivity (Wildman–Crippen MR) is 173 cm³/mol. The van der Waals surface area contributed by atoms with Crippen molar-refractivity contribution >= 4 is 87.1 Å². The van der Waals surface area contributed by atoms with Crippen LogP contribution < -0.4 is 0 Å². The van der Waals surface area contributed by atoms with Crippen molar-refractivity contribution in [3.05, 3.63) is 128 Å². The van der Waals surface area contributed by atoms with Gasteiger partial charge >= 0.3 is 0 Å². The van der Waals surface area contributed by atoms with E-state index in [4.69, 9.17) is 0 Å². The average molecular weight is 520 g/mol. The van der Waals surface area contributed by atoms with Crippen molar-refractivity contribution in [2.75, 3.05) is 0 Å². The van der Waals surface area contributed by atoms with Gasteiger partial charge in [0.05, 0.1) is 38.6 Å². The van der Waals surface area contributed by atoms with Gasteiger partial charge in [0.25, 0.3) is 0 Å². The summed E-state index contributed by atoms with van der Waals surface area (Å²) in [5.74, 6) is 0. The molecule has 3 nitrogen and oxygen atoms in total. The van der Waals surface area contributed by atoms with E-state index in [1.54, 1.807) is 0 Å². The third-order valence-corrected chi connectivity index (χ3v) is 9.51. The lowest BCUT2D eigenvalue weighted by molar-refractivity contribution is 1.18. The van der Waals surface area contributed by atoms with Crippen LogP contribution in [0.15, 0.2) is 128 Å². The van der Waals surface area contributed by atoms with Crippen LogP contribution in [0, 0.1) is 0 Å². The lowest BCUT2D eigenvalue weighted by atomic mass is 10.0. The van der Waals surface area contributed by atoms with E-state index < -0.39 is 0 Å². The van der Waals surface area contributed by atoms with Crippen LogP contribution in [0.5, 0.6) is 0 Å². The Morgan fingerprint density at radius 3 is 1.90 bits per heavy atom. The molecule has 0 N–H and O–H groups in total. The maximum Gasteiger partial charge on any atom is 0.0620 e. The minimum atomic E-state index is 1.19. The van der Waals surface area contributed by atoms with E-state index in [0.29, 0.717) is 0 Å². The second-order valence-electron chi connectivity index (χ2n) is 11.4. The lowest BCUT2D eigenvalue weighted by Gasteiger charge is -2.07. The molecule has 3 heteroatoms. The van der Waals surface area contributed by atoms with Gasteiger partial charge in [0.15, 0.2) is 0 Å². The van der Waals surface area contributed by atoms with E-state index in [1.165, 1.54) is 92.8 Å². The Morgan fingerprint density at radius 2 is 1.02 bits per heavy atom. The molecule has 5 aromatic heterocycles. The summed E-state index contributed by atoms with van der Waals surface area (Å²) in [5, 5.41) is 11.8. The molecule has 6 aromatic carbocycles. The molecular weight excluding hydrogens is 498 g/mol. The van der Waals surface area contributed by atoms with E-state index in [0.717, 1.165) is 0 Å². The van der Waals surface area contributed by atoms with Crippen molar-refractivity contribution < 1.29 is 0 Å². The Labute approximate surface area is 233 Å². The van der Waals surface area contributed by atoms with Crippen molar-refractivity contribution in [1.29, 1.82) is 0 Å². The minimum Gasteiger partial charge on any atom is -0.315 e. The van der Waals surface area contributed by atoms with Gasteiger partial charge in [-0.15, -0.1) is 0 Å². The summed E-state index contributed by atoms with van der Waals surface area (Å²) >= 11 is 0. The molecular formula is C38H21N3. The fourth-order valence-corrected chi connectivity index (χ4v) is 7.93. The Bertz CT molecular complexity index is 2840. The molecule has 0 aliphatic carbocycles. The Balaban J connectivity index is 1.38. The molecule has 0 spiro atoms. The molecule has 0 saturated carbocycles. The maximum absolute atomic E-state index is 2.49. The van der Waals surface area contributed by atoms with Crippen LogP contribution in [0.3, 0.4) is 0 Å². The molecule has 0 unspecified atom stereocenters. The topological polar surface area (TPSA) is 13.8 Å². The summed E-state index contributed by atoms with van der Waals surface area (Å²) in [5.41, 5.74) is 10.1. The van der Waals surface area contributed by atoms with Gasteiger partial charge in [0.1, 0.15) is 0 Å². The zero-order chi connectivity index (χ0) is 26.4. The molecule has 0 amide bonds. The third-order valence-electron chi connectivity index (χ3n) is 9.51. The van der Waals surface area contributed by atoms with Crippen molar-refractivity contribution in [1.82, 2.24) is 13.4 Å². The number of fused-ring (bicyclic) bond motifs is 13. The summed E-state index contributed by atoms with van der Waals surface area (Å²) < 4.78 is 7.34. The predicted octanol–water partition coefficient (Wildman–Crippen LogP) is 9.93. The molecule has 188 valence electrons. The zero-order valence-corrected chi connectivity index (χ0v) is 22.0. The smallest absolute Gasteiger partial charge is 0.0620 e. The van der Waals surface area contributed by atoms with Gasteiger partial charge in [-0.1, -0.05) is 72.8 Å². The van der Waals surface area contributed by atoms with Gasteiger partial charge in [-0.3, -0.25) is 0 Å². The van der Waals surface area contributed by atoms with Gasteiger partial charge in [-0.2, -0.15) is 0 Å². The fraction of sp³-hybridized carbons (Fsp3) is 0. The first-order valence-corrected chi connectivity index (χ1v) is 14.2. The molecule has 0 radical (unpaired) electrons. The van der Waals surface area contributed by atoms with E-state index in [1.807, 2.05) is 0 Å². The average Bonchev–Trinajstić information content (AvgIpc) is 3.81. The van der Waals surface area contributed by atoms with Crippen LogP contribution in [0.1, 0.15) is 0 Å². The molecule has 0 bridgehead atoms. The summed E-state index contributed by atoms with van der Waals surface area (Å²) in [7, 11) is 0. The molecule has 0 atom stereocenters. The number of hydrogen-bond donors (Lipinski definition) is 0. The van der Waals surface area contributed by atoms with Gasteiger partial charge in [0.2, 0.25) is 0 Å². The SMILES string of the molecule is c1ccc(-n2c3ccccc3c3c4ccn5c6cc7c8cccc9c%10ccccc%10n(c7cc6c(cc32)c45)c98)cc1. The van der Waals surface area contributed by atoms with Crippen molar-refractivity contribution in [2.24, 2.45) is 0 Å². The molecule has 0 aliphatic rings. The second-order valence-corrected chi connectivity index (χ2v) is 11.4. The monoisotopic (exact) mass is 519 g/mol. The normalized spacial score (nSPS) is 12.9. The maximum atomic E-state index is 2.49. The Hall–Kier alpha value is -5.54. The highest BCUT2D eigenvalue weighted by atomic mass is 15.0. The number of hydrogen-bond acceptors (Lipinski definition) is 0. The second kappa shape index (κ2) is 6.78. The molecule has 41 heavy (non-hydrogen) atoms. The fourth-order valence-electron chi connectivity index (χ4n) is 7.93. The van der Waals surface area contributed by atoms with Gasteiger partial charge in [0, 0.05) is 60.4 Å². The standard InChI is InChI=1S/C38H21N3/c1-2-9-22(10-3-1)40-32-16-7-5-12-26(32)36-27-17-18-39-33-19-28-25-14-8-13-24-23-11-4-6-15-31(23)41(38(24)25)34(28)20-29(33)30(37(27)39)21-35(36)40/h1-21H. The first kappa shape index (κ1) is 20.4. The lowest BCUT2D eigenvalue weighted by Crippen LogP contribution is -1.92. The minimum absolute atomic E-state index is 1.19. The number of benzene rings is 6. The highest BCUT2D eigenvalue weighted by Gasteiger charge is 2.23. The van der Waals surface area contributed by atoms with Crippen LogP contribution in [-0.4, -0.2) is 13.4 Å². The van der Waals surface area contributed by atoms with E-state index >= 15 is 0 Å². The molecule has 0 saturated heterocycles. The van der Waals surface area contributed by atoms with Gasteiger partial charge in [-0.05, 0) is 48.5 Å². The molecule has 11 rings (SSSR count). The number of aromatic nitrogens is 3. The van der Waals surface area contributed by atoms with Gasteiger partial charge < -0.3 is 13.4 Å². The summed E-state index contributed by atoms with van der Waals surface area (Å²) in [6.07, 6.45) is 2.27. The quantitative estimate of drug-likeness (QED) is 0.205. The highest BCUT2D eigenvalue weighted by molar-refractivity contribution is 6.31. The van der Waals surface area contributed by atoms with Gasteiger partial charge in [-0.25, -0.2) is 0 Å². The summed E-state index contributed by atoms with van der Waals surface area (Å²) in [6.45, 7) is 0. The number of rotatable bonds is 1. The molecule has 0 aliphatic heterocycles. The van der Waals surface area contributed by atoms with Crippen LogP contribution >= 0.6 is 0 Å². The first-order valence-electron chi connectivity index (χ1n) is 14.2. The van der Waals surface area contributed by atoms with Crippen LogP contribution in [0.2, 0.25) is 0 Å². The highest BCUT2D eigenvalue weighted by Crippen LogP contribution is 2.45. The number of para-hydroxylation sites is 4. The molecule has 5 heterocycles. The van der Waals surface area contributed by atoms with Crippen molar-refractivity contribution in [2.45, 2.75) is 0 Å². The molecule has 11 aromatic rings. The van der Waals surface area contributed by atoms with Crippen LogP contribution in [0.4, 0.5) is 0 Å². The van der Waals surface area contributed by atoms with E-state index in [-0.39, 0.29) is 0 Å². The van der Waals surface area contributed by atoms with Crippen molar-refractivity contribution in [3.63, 3.8) is 0 Å². The van der Waals surface area contributed by atoms with E-state index in [2.05, 4.69) is 141 Å². The Kier molecular flexibility index (Phi) is 3.37. The van der Waals surface area contributed by atoms with Crippen molar-refractivity contribution in [3.8, 4) is 5.69 Å². The van der Waals surface area contributed by atoms with Crippen LogP contribution in [-0.2, 0) is 0 Å². The first-order chi connectivity index (χ1) is 20.4. The molecule has 0 fully saturated rings. The summed E-state index contributed by atoms with van der Waals surface area (Å²) in [6, 6.07) is 44.8. The largest absolute Gasteiger partial charge is 0.315 e. The Morgan fingerprint density at radius 1 is 0.366 bits per heavy atom. The zero-order valence-electron chi connectivity index (χ0n) is 22.0. The number of nitrogens with zero attached hydrogens (tertiary/aromatic N) is 3. The van der Waals surface area contributed by atoms with Crippen LogP contribution in [0.25, 0.3) is 92.8 Å². The summed E-state index contributed by atoms with van der Waals surface area (Å²) in [4.78, 5) is 0.